The third kappa shape index (κ3) is 4.87. The summed E-state index contributed by atoms with van der Waals surface area (Å²) in [6.45, 7) is 0. The molecule has 138 valence electrons. The lowest BCUT2D eigenvalue weighted by Gasteiger charge is -2.14. The van der Waals surface area contributed by atoms with Crippen molar-refractivity contribution in [2.45, 2.75) is 5.75 Å². The van der Waals surface area contributed by atoms with E-state index in [4.69, 9.17) is 11.6 Å². The first kappa shape index (κ1) is 18.9. The van der Waals surface area contributed by atoms with Gasteiger partial charge in [-0.2, -0.15) is 0 Å². The lowest BCUT2D eigenvalue weighted by molar-refractivity contribution is 0.319. The number of nitrogens with zero attached hydrogens (tertiary/aromatic N) is 1. The van der Waals surface area contributed by atoms with E-state index in [1.165, 1.54) is 0 Å². The van der Waals surface area contributed by atoms with Crippen LogP contribution in [-0.2, 0) is 15.8 Å². The number of nitrogens with one attached hydrogen (secondary N) is 1. The Labute approximate surface area is 163 Å². The average Bonchev–Trinajstić information content (AvgIpc) is 2.66. The number of hydrogen-bond acceptors (Lipinski definition) is 4. The van der Waals surface area contributed by atoms with Gasteiger partial charge in [-0.15, -0.1) is 0 Å². The maximum atomic E-state index is 12.6. The Morgan fingerprint density at radius 2 is 1.59 bits per heavy atom. The van der Waals surface area contributed by atoms with Gasteiger partial charge in [0, 0.05) is 16.1 Å². The molecular formula is C20H17ClN2O3S. The molecule has 0 saturated heterocycles. The zero-order chi connectivity index (χ0) is 19.3. The van der Waals surface area contributed by atoms with Gasteiger partial charge >= 0.3 is 0 Å². The highest BCUT2D eigenvalue weighted by Gasteiger charge is 2.18. The van der Waals surface area contributed by atoms with Crippen molar-refractivity contribution >= 4 is 33.0 Å². The number of sulfonamides is 1. The molecule has 27 heavy (non-hydrogen) atoms. The summed E-state index contributed by atoms with van der Waals surface area (Å²) < 4.78 is 27.8. The molecule has 2 N–H and O–H groups in total. The molecular weight excluding hydrogens is 384 g/mol. The Kier molecular flexibility index (Phi) is 5.78. The predicted octanol–water partition coefficient (Wildman–Crippen LogP) is 4.51. The minimum Gasteiger partial charge on any atom is -0.410 e. The predicted molar refractivity (Wildman–Crippen MR) is 108 cm³/mol. The van der Waals surface area contributed by atoms with Crippen LogP contribution in [0.2, 0.25) is 5.02 Å². The lowest BCUT2D eigenvalue weighted by Crippen LogP contribution is -2.18. The summed E-state index contributed by atoms with van der Waals surface area (Å²) in [5.41, 5.74) is 2.18. The number of benzene rings is 3. The standard InChI is InChI=1S/C20H17ClN2O3S/c21-17-11-12-19(23-27(25,26)14-15-7-3-1-4-8-15)18(13-17)20(22-24)16-9-5-2-6-10-16/h1-13,23-24H,14H2/b22-20+. The molecule has 0 radical (unpaired) electrons. The maximum absolute atomic E-state index is 12.6. The van der Waals surface area contributed by atoms with Gasteiger partial charge in [-0.25, -0.2) is 8.42 Å². The fourth-order valence-corrected chi connectivity index (χ4v) is 4.05. The van der Waals surface area contributed by atoms with Gasteiger partial charge in [-0.05, 0) is 23.8 Å². The molecule has 3 rings (SSSR count). The van der Waals surface area contributed by atoms with Crippen LogP contribution >= 0.6 is 11.6 Å². The van der Waals surface area contributed by atoms with Crippen molar-refractivity contribution in [3.05, 3.63) is 101 Å². The van der Waals surface area contributed by atoms with E-state index in [2.05, 4.69) is 9.88 Å². The van der Waals surface area contributed by atoms with Crippen LogP contribution < -0.4 is 4.72 Å². The summed E-state index contributed by atoms with van der Waals surface area (Å²) in [5, 5.41) is 13.3. The van der Waals surface area contributed by atoms with E-state index in [0.29, 0.717) is 21.7 Å². The van der Waals surface area contributed by atoms with E-state index in [-0.39, 0.29) is 17.2 Å². The van der Waals surface area contributed by atoms with Crippen LogP contribution in [0.5, 0.6) is 0 Å². The zero-order valence-corrected chi connectivity index (χ0v) is 15.8. The van der Waals surface area contributed by atoms with Crippen LogP contribution in [0.4, 0.5) is 5.69 Å². The van der Waals surface area contributed by atoms with Gasteiger partial charge in [0.05, 0.1) is 11.4 Å². The Hall–Kier alpha value is -2.83. The van der Waals surface area contributed by atoms with E-state index >= 15 is 0 Å². The molecule has 5 nitrogen and oxygen atoms in total. The molecule has 0 amide bonds. The van der Waals surface area contributed by atoms with E-state index in [1.807, 2.05) is 12.1 Å². The lowest BCUT2D eigenvalue weighted by atomic mass is 10.0. The molecule has 0 aromatic heterocycles. The quantitative estimate of drug-likeness (QED) is 0.363. The highest BCUT2D eigenvalue weighted by molar-refractivity contribution is 7.91. The molecule has 0 spiro atoms. The normalized spacial score (nSPS) is 12.0. The molecule has 0 aliphatic carbocycles. The molecule has 0 bridgehead atoms. The van der Waals surface area contributed by atoms with Gasteiger partial charge < -0.3 is 5.21 Å². The van der Waals surface area contributed by atoms with Gasteiger partial charge in [-0.1, -0.05) is 77.4 Å². The van der Waals surface area contributed by atoms with Crippen LogP contribution in [0.25, 0.3) is 0 Å². The fourth-order valence-electron chi connectivity index (χ4n) is 2.66. The van der Waals surface area contributed by atoms with Crippen LogP contribution in [0.15, 0.2) is 84.0 Å². The molecule has 0 saturated carbocycles. The first-order valence-corrected chi connectivity index (χ1v) is 10.1. The zero-order valence-electron chi connectivity index (χ0n) is 14.2. The van der Waals surface area contributed by atoms with Crippen molar-refractivity contribution in [2.24, 2.45) is 5.16 Å². The molecule has 3 aromatic carbocycles. The highest BCUT2D eigenvalue weighted by atomic mass is 35.5. The van der Waals surface area contributed by atoms with Gasteiger partial charge in [0.1, 0.15) is 5.71 Å². The number of rotatable bonds is 6. The van der Waals surface area contributed by atoms with E-state index in [0.717, 1.165) is 0 Å². The summed E-state index contributed by atoms with van der Waals surface area (Å²) in [7, 11) is -3.68. The summed E-state index contributed by atoms with van der Waals surface area (Å²) in [5.74, 6) is -0.174. The van der Waals surface area contributed by atoms with Crippen molar-refractivity contribution < 1.29 is 13.6 Å². The van der Waals surface area contributed by atoms with Gasteiger partial charge in [0.15, 0.2) is 0 Å². The molecule has 0 aliphatic heterocycles. The molecule has 0 heterocycles. The topological polar surface area (TPSA) is 78.8 Å². The van der Waals surface area contributed by atoms with Crippen molar-refractivity contribution in [2.75, 3.05) is 4.72 Å². The summed E-state index contributed by atoms with van der Waals surface area (Å²) in [6.07, 6.45) is 0. The number of oxime groups is 1. The maximum Gasteiger partial charge on any atom is 0.236 e. The van der Waals surface area contributed by atoms with Gasteiger partial charge in [0.25, 0.3) is 0 Å². The van der Waals surface area contributed by atoms with Crippen LogP contribution in [0, 0.1) is 0 Å². The number of anilines is 1. The van der Waals surface area contributed by atoms with E-state index in [1.54, 1.807) is 66.7 Å². The van der Waals surface area contributed by atoms with Crippen molar-refractivity contribution in [3.63, 3.8) is 0 Å². The van der Waals surface area contributed by atoms with Gasteiger partial charge in [0.2, 0.25) is 10.0 Å². The minimum absolute atomic E-state index is 0.174. The molecule has 0 fully saturated rings. The molecule has 7 heteroatoms. The second-order valence-electron chi connectivity index (χ2n) is 5.85. The average molecular weight is 401 g/mol. The Balaban J connectivity index is 1.97. The third-order valence-corrected chi connectivity index (χ3v) is 5.33. The largest absolute Gasteiger partial charge is 0.410 e. The molecule has 0 unspecified atom stereocenters. The van der Waals surface area contributed by atoms with Crippen LogP contribution in [-0.4, -0.2) is 19.3 Å². The van der Waals surface area contributed by atoms with E-state index in [9.17, 15) is 13.6 Å². The number of halogens is 1. The van der Waals surface area contributed by atoms with Crippen molar-refractivity contribution in [1.29, 1.82) is 0 Å². The van der Waals surface area contributed by atoms with Crippen LogP contribution in [0.3, 0.4) is 0 Å². The third-order valence-electron chi connectivity index (χ3n) is 3.85. The summed E-state index contributed by atoms with van der Waals surface area (Å²) in [4.78, 5) is 0. The smallest absolute Gasteiger partial charge is 0.236 e. The molecule has 0 atom stereocenters. The first-order valence-electron chi connectivity index (χ1n) is 8.10. The first-order chi connectivity index (χ1) is 13.0. The number of hydrogen-bond donors (Lipinski definition) is 2. The fraction of sp³-hybridized carbons (Fsp3) is 0.0500. The second-order valence-corrected chi connectivity index (χ2v) is 8.01. The van der Waals surface area contributed by atoms with Crippen molar-refractivity contribution in [1.82, 2.24) is 0 Å². The SMILES string of the molecule is O=S(=O)(Cc1ccccc1)Nc1ccc(Cl)cc1/C(=N/O)c1ccccc1. The van der Waals surface area contributed by atoms with Crippen molar-refractivity contribution in [3.8, 4) is 0 Å². The monoisotopic (exact) mass is 400 g/mol. The Bertz CT molecular complexity index is 1050. The summed E-state index contributed by atoms with van der Waals surface area (Å²) >= 11 is 6.09. The van der Waals surface area contributed by atoms with Crippen LogP contribution in [0.1, 0.15) is 16.7 Å². The second kappa shape index (κ2) is 8.24. The van der Waals surface area contributed by atoms with E-state index < -0.39 is 10.0 Å². The Morgan fingerprint density at radius 3 is 2.22 bits per heavy atom. The minimum atomic E-state index is -3.68. The molecule has 3 aromatic rings. The summed E-state index contributed by atoms with van der Waals surface area (Å²) in [6, 6.07) is 22.5. The molecule has 0 aliphatic rings. The highest BCUT2D eigenvalue weighted by Crippen LogP contribution is 2.26. The Morgan fingerprint density at radius 1 is 0.963 bits per heavy atom. The van der Waals surface area contributed by atoms with Gasteiger partial charge in [-0.3, -0.25) is 4.72 Å².